The van der Waals surface area contributed by atoms with Crippen molar-refractivity contribution in [1.82, 2.24) is 4.90 Å². The van der Waals surface area contributed by atoms with Crippen molar-refractivity contribution in [3.05, 3.63) is 0 Å². The van der Waals surface area contributed by atoms with E-state index in [0.717, 1.165) is 19.3 Å². The highest BCUT2D eigenvalue weighted by atomic mass is 16.5. The van der Waals surface area contributed by atoms with Gasteiger partial charge in [-0.15, -0.1) is 0 Å². The molecule has 3 N–H and O–H groups in total. The number of morpholine rings is 1. The van der Waals surface area contributed by atoms with Gasteiger partial charge in [-0.3, -0.25) is 4.79 Å². The average Bonchev–Trinajstić information content (AvgIpc) is 2.46. The predicted octanol–water partition coefficient (Wildman–Crippen LogP) is -0.0288. The van der Waals surface area contributed by atoms with E-state index in [2.05, 4.69) is 0 Å². The van der Waals surface area contributed by atoms with E-state index in [1.165, 1.54) is 6.42 Å². The van der Waals surface area contributed by atoms with Crippen LogP contribution in [0.1, 0.15) is 25.7 Å². The SMILES string of the molecule is NCC1CCCCC1C(=O)N1CCOC(CO)C1. The van der Waals surface area contributed by atoms with Crippen LogP contribution < -0.4 is 5.73 Å². The van der Waals surface area contributed by atoms with Crippen molar-refractivity contribution in [2.75, 3.05) is 32.8 Å². The predicted molar refractivity (Wildman–Crippen MR) is 67.9 cm³/mol. The molecule has 0 bridgehead atoms. The summed E-state index contributed by atoms with van der Waals surface area (Å²) in [5, 5.41) is 9.12. The summed E-state index contributed by atoms with van der Waals surface area (Å²) in [4.78, 5) is 14.4. The van der Waals surface area contributed by atoms with E-state index in [4.69, 9.17) is 15.6 Å². The summed E-state index contributed by atoms with van der Waals surface area (Å²) in [6.45, 7) is 2.27. The summed E-state index contributed by atoms with van der Waals surface area (Å²) in [6.07, 6.45) is 4.12. The number of aliphatic hydroxyl groups is 1. The number of hydrogen-bond donors (Lipinski definition) is 2. The van der Waals surface area contributed by atoms with Gasteiger partial charge in [0.15, 0.2) is 0 Å². The van der Waals surface area contributed by atoms with Crippen molar-refractivity contribution in [3.63, 3.8) is 0 Å². The Morgan fingerprint density at radius 1 is 1.39 bits per heavy atom. The molecule has 0 radical (unpaired) electrons. The number of carbonyl (C=O) groups excluding carboxylic acids is 1. The first-order valence-corrected chi connectivity index (χ1v) is 6.97. The first-order chi connectivity index (χ1) is 8.76. The van der Waals surface area contributed by atoms with Crippen LogP contribution >= 0.6 is 0 Å². The molecular formula is C13H24N2O3. The minimum absolute atomic E-state index is 0.0191. The maximum atomic E-state index is 12.5. The highest BCUT2D eigenvalue weighted by molar-refractivity contribution is 5.79. The Bertz CT molecular complexity index is 285. The van der Waals surface area contributed by atoms with Crippen LogP contribution in [-0.4, -0.2) is 54.9 Å². The van der Waals surface area contributed by atoms with Gasteiger partial charge in [0.2, 0.25) is 5.91 Å². The van der Waals surface area contributed by atoms with E-state index in [1.807, 2.05) is 4.90 Å². The zero-order valence-corrected chi connectivity index (χ0v) is 10.9. The Kier molecular flexibility index (Phi) is 4.97. The fourth-order valence-electron chi connectivity index (χ4n) is 3.08. The summed E-state index contributed by atoms with van der Waals surface area (Å²) in [6, 6.07) is 0. The summed E-state index contributed by atoms with van der Waals surface area (Å²) in [7, 11) is 0. The van der Waals surface area contributed by atoms with Crippen molar-refractivity contribution >= 4 is 5.91 Å². The highest BCUT2D eigenvalue weighted by Crippen LogP contribution is 2.31. The fraction of sp³-hybridized carbons (Fsp3) is 0.923. The first kappa shape index (κ1) is 13.8. The number of carbonyl (C=O) groups is 1. The van der Waals surface area contributed by atoms with Crippen LogP contribution in [0.5, 0.6) is 0 Å². The lowest BCUT2D eigenvalue weighted by atomic mass is 9.78. The van der Waals surface area contributed by atoms with Gasteiger partial charge in [0.25, 0.3) is 0 Å². The second-order valence-electron chi connectivity index (χ2n) is 5.35. The van der Waals surface area contributed by atoms with Gasteiger partial charge >= 0.3 is 0 Å². The largest absolute Gasteiger partial charge is 0.394 e. The molecule has 1 aliphatic carbocycles. The van der Waals surface area contributed by atoms with Crippen molar-refractivity contribution in [2.24, 2.45) is 17.6 Å². The van der Waals surface area contributed by atoms with Crippen LogP contribution in [0, 0.1) is 11.8 Å². The van der Waals surface area contributed by atoms with E-state index in [0.29, 0.717) is 32.2 Å². The molecule has 2 rings (SSSR count). The van der Waals surface area contributed by atoms with Gasteiger partial charge < -0.3 is 20.5 Å². The molecule has 0 spiro atoms. The zero-order chi connectivity index (χ0) is 13.0. The van der Waals surface area contributed by atoms with E-state index >= 15 is 0 Å². The topological polar surface area (TPSA) is 75.8 Å². The number of aliphatic hydroxyl groups excluding tert-OH is 1. The van der Waals surface area contributed by atoms with Crippen molar-refractivity contribution < 1.29 is 14.6 Å². The minimum atomic E-state index is -0.220. The van der Waals surface area contributed by atoms with E-state index in [-0.39, 0.29) is 24.5 Å². The molecule has 2 fully saturated rings. The summed E-state index contributed by atoms with van der Waals surface area (Å²) in [5.74, 6) is 0.634. The Morgan fingerprint density at radius 3 is 2.89 bits per heavy atom. The quantitative estimate of drug-likeness (QED) is 0.743. The molecule has 5 heteroatoms. The molecule has 0 aromatic rings. The molecule has 1 amide bonds. The lowest BCUT2D eigenvalue weighted by Crippen LogP contribution is -2.50. The summed E-state index contributed by atoms with van der Waals surface area (Å²) >= 11 is 0. The van der Waals surface area contributed by atoms with Gasteiger partial charge in [-0.1, -0.05) is 12.8 Å². The standard InChI is InChI=1S/C13H24N2O3/c14-7-10-3-1-2-4-12(10)13(17)15-5-6-18-11(8-15)9-16/h10-12,16H,1-9,14H2. The molecule has 5 nitrogen and oxygen atoms in total. The number of rotatable bonds is 3. The Balaban J connectivity index is 1.96. The van der Waals surface area contributed by atoms with Gasteiger partial charge in [-0.05, 0) is 25.3 Å². The second kappa shape index (κ2) is 6.50. The maximum absolute atomic E-state index is 12.5. The van der Waals surface area contributed by atoms with E-state index < -0.39 is 0 Å². The number of nitrogens with two attached hydrogens (primary N) is 1. The summed E-state index contributed by atoms with van der Waals surface area (Å²) < 4.78 is 5.38. The molecule has 104 valence electrons. The van der Waals surface area contributed by atoms with Gasteiger partial charge in [-0.25, -0.2) is 0 Å². The lowest BCUT2D eigenvalue weighted by Gasteiger charge is -2.37. The molecule has 0 aromatic carbocycles. The molecule has 2 aliphatic rings. The third-order valence-electron chi connectivity index (χ3n) is 4.18. The Hall–Kier alpha value is -0.650. The van der Waals surface area contributed by atoms with Gasteiger partial charge in [0.1, 0.15) is 0 Å². The molecule has 3 unspecified atom stereocenters. The molecule has 1 heterocycles. The van der Waals surface area contributed by atoms with E-state index in [1.54, 1.807) is 0 Å². The van der Waals surface area contributed by atoms with Gasteiger partial charge in [0.05, 0.1) is 19.3 Å². The molecule has 1 saturated carbocycles. The Morgan fingerprint density at radius 2 is 2.17 bits per heavy atom. The number of nitrogens with zero attached hydrogens (tertiary/aromatic N) is 1. The van der Waals surface area contributed by atoms with Crippen LogP contribution in [-0.2, 0) is 9.53 Å². The molecule has 1 saturated heterocycles. The van der Waals surface area contributed by atoms with E-state index in [9.17, 15) is 4.79 Å². The van der Waals surface area contributed by atoms with Crippen LogP contribution in [0.2, 0.25) is 0 Å². The lowest BCUT2D eigenvalue weighted by molar-refractivity contribution is -0.147. The van der Waals surface area contributed by atoms with Crippen LogP contribution in [0.15, 0.2) is 0 Å². The number of amides is 1. The van der Waals surface area contributed by atoms with Crippen molar-refractivity contribution in [3.8, 4) is 0 Å². The molecule has 3 atom stereocenters. The number of ether oxygens (including phenoxy) is 1. The molecule has 1 aliphatic heterocycles. The van der Waals surface area contributed by atoms with Gasteiger partial charge in [0, 0.05) is 19.0 Å². The number of hydrogen-bond acceptors (Lipinski definition) is 4. The zero-order valence-electron chi connectivity index (χ0n) is 10.9. The maximum Gasteiger partial charge on any atom is 0.226 e. The van der Waals surface area contributed by atoms with Crippen LogP contribution in [0.4, 0.5) is 0 Å². The average molecular weight is 256 g/mol. The minimum Gasteiger partial charge on any atom is -0.394 e. The highest BCUT2D eigenvalue weighted by Gasteiger charge is 2.34. The van der Waals surface area contributed by atoms with Crippen LogP contribution in [0.25, 0.3) is 0 Å². The molecule has 0 aromatic heterocycles. The molecule has 18 heavy (non-hydrogen) atoms. The fourth-order valence-corrected chi connectivity index (χ4v) is 3.08. The molecular weight excluding hydrogens is 232 g/mol. The summed E-state index contributed by atoms with van der Waals surface area (Å²) in [5.41, 5.74) is 5.78. The second-order valence-corrected chi connectivity index (χ2v) is 5.35. The van der Waals surface area contributed by atoms with Gasteiger partial charge in [-0.2, -0.15) is 0 Å². The monoisotopic (exact) mass is 256 g/mol. The normalized spacial score (nSPS) is 33.4. The van der Waals surface area contributed by atoms with Crippen LogP contribution in [0.3, 0.4) is 0 Å². The smallest absolute Gasteiger partial charge is 0.226 e. The third kappa shape index (κ3) is 3.02. The first-order valence-electron chi connectivity index (χ1n) is 6.97. The third-order valence-corrected chi connectivity index (χ3v) is 4.18. The van der Waals surface area contributed by atoms with Crippen molar-refractivity contribution in [1.29, 1.82) is 0 Å². The Labute approximate surface area is 108 Å². The van der Waals surface area contributed by atoms with Crippen molar-refractivity contribution in [2.45, 2.75) is 31.8 Å².